The van der Waals surface area contributed by atoms with E-state index in [1.807, 2.05) is 35.2 Å². The molecule has 1 aliphatic carbocycles. The van der Waals surface area contributed by atoms with E-state index in [4.69, 9.17) is 0 Å². The second-order valence-corrected chi connectivity index (χ2v) is 13.2. The standard InChI is InChI=1S/C30H29F6NO3S/c31-26(32)29(33,30(34,35)36)23-12-10-22(11-13-23)28(16-17-37(20-28)19-21-6-2-1-3-7-21)41(39,40)25-9-4-8-24(18-25)27(38)14-5-15-27/h1-4,6-13,18,26,38H,5,14-17,19-20H2. The Balaban J connectivity index is 1.58. The zero-order valence-corrected chi connectivity index (χ0v) is 22.7. The molecule has 2 aliphatic rings. The van der Waals surface area contributed by atoms with Crippen LogP contribution in [-0.2, 0) is 32.4 Å². The Bertz CT molecular complexity index is 1490. The number of nitrogens with zero attached hydrogens (tertiary/aromatic N) is 1. The molecule has 1 aliphatic heterocycles. The average molecular weight is 598 g/mol. The number of halogens is 6. The van der Waals surface area contributed by atoms with Crippen molar-refractivity contribution in [1.29, 1.82) is 0 Å². The third kappa shape index (κ3) is 4.95. The molecule has 11 heteroatoms. The largest absolute Gasteiger partial charge is 0.432 e. The van der Waals surface area contributed by atoms with E-state index in [-0.39, 0.29) is 23.4 Å². The van der Waals surface area contributed by atoms with Crippen LogP contribution in [0.2, 0.25) is 0 Å². The van der Waals surface area contributed by atoms with Crippen LogP contribution in [0.5, 0.6) is 0 Å². The van der Waals surface area contributed by atoms with Crippen molar-refractivity contribution in [2.75, 3.05) is 13.1 Å². The minimum atomic E-state index is -5.88. The van der Waals surface area contributed by atoms with E-state index in [0.717, 1.165) is 24.1 Å². The van der Waals surface area contributed by atoms with Gasteiger partial charge in [0.1, 0.15) is 4.75 Å². The number of hydrogen-bond acceptors (Lipinski definition) is 4. The summed E-state index contributed by atoms with van der Waals surface area (Å²) in [6, 6.07) is 18.5. The maximum absolute atomic E-state index is 14.7. The van der Waals surface area contributed by atoms with Crippen LogP contribution in [0, 0.1) is 0 Å². The lowest BCUT2D eigenvalue weighted by atomic mass is 9.75. The Morgan fingerprint density at radius 3 is 2.07 bits per heavy atom. The molecule has 2 fully saturated rings. The Morgan fingerprint density at radius 2 is 1.51 bits per heavy atom. The van der Waals surface area contributed by atoms with Gasteiger partial charge in [-0.15, -0.1) is 0 Å². The first-order valence-electron chi connectivity index (χ1n) is 13.2. The monoisotopic (exact) mass is 597 g/mol. The first kappa shape index (κ1) is 29.6. The summed E-state index contributed by atoms with van der Waals surface area (Å²) < 4.78 is 109. The lowest BCUT2D eigenvalue weighted by molar-refractivity contribution is -0.274. The van der Waals surface area contributed by atoms with Crippen LogP contribution < -0.4 is 0 Å². The number of sulfone groups is 1. The summed E-state index contributed by atoms with van der Waals surface area (Å²) in [5, 5.41) is 10.8. The Labute approximate surface area is 234 Å². The van der Waals surface area contributed by atoms with Crippen molar-refractivity contribution in [1.82, 2.24) is 4.90 Å². The summed E-state index contributed by atoms with van der Waals surface area (Å²) in [5.41, 5.74) is -5.88. The van der Waals surface area contributed by atoms with Crippen LogP contribution >= 0.6 is 0 Å². The number of aliphatic hydroxyl groups is 1. The highest BCUT2D eigenvalue weighted by Crippen LogP contribution is 2.49. The van der Waals surface area contributed by atoms with Gasteiger partial charge < -0.3 is 5.11 Å². The van der Waals surface area contributed by atoms with E-state index in [1.54, 1.807) is 6.07 Å². The van der Waals surface area contributed by atoms with Crippen molar-refractivity contribution in [3.05, 3.63) is 101 Å². The molecular weight excluding hydrogens is 568 g/mol. The van der Waals surface area contributed by atoms with Crippen LogP contribution in [0.15, 0.2) is 83.8 Å². The minimum absolute atomic E-state index is 0.0348. The molecule has 1 N–H and O–H groups in total. The van der Waals surface area contributed by atoms with Gasteiger partial charge in [0.15, 0.2) is 9.84 Å². The Hall–Kier alpha value is -2.89. The Morgan fingerprint density at radius 1 is 0.854 bits per heavy atom. The summed E-state index contributed by atoms with van der Waals surface area (Å²) in [7, 11) is -4.26. The van der Waals surface area contributed by atoms with Crippen molar-refractivity contribution in [2.24, 2.45) is 0 Å². The molecule has 1 heterocycles. The molecule has 5 rings (SSSR count). The fraction of sp³-hybridized carbons (Fsp3) is 0.400. The molecule has 0 aromatic heterocycles. The smallest absolute Gasteiger partial charge is 0.385 e. The molecular formula is C30H29F6NO3S. The molecule has 0 bridgehead atoms. The first-order chi connectivity index (χ1) is 19.2. The van der Waals surface area contributed by atoms with Gasteiger partial charge in [0.2, 0.25) is 0 Å². The predicted octanol–water partition coefficient (Wildman–Crippen LogP) is 6.63. The fourth-order valence-corrected chi connectivity index (χ4v) is 8.00. The summed E-state index contributed by atoms with van der Waals surface area (Å²) in [5.74, 6) is 0. The number of rotatable bonds is 8. The molecule has 3 aromatic carbocycles. The second-order valence-electron chi connectivity index (χ2n) is 10.9. The maximum atomic E-state index is 14.7. The van der Waals surface area contributed by atoms with E-state index in [0.29, 0.717) is 43.6 Å². The van der Waals surface area contributed by atoms with Crippen molar-refractivity contribution < 1.29 is 39.9 Å². The van der Waals surface area contributed by atoms with Gasteiger partial charge in [0.05, 0.1) is 10.5 Å². The van der Waals surface area contributed by atoms with Gasteiger partial charge in [0.25, 0.3) is 12.1 Å². The van der Waals surface area contributed by atoms with Crippen LogP contribution in [0.4, 0.5) is 26.3 Å². The summed E-state index contributed by atoms with van der Waals surface area (Å²) >= 11 is 0. The fourth-order valence-electron chi connectivity index (χ4n) is 5.85. The molecule has 2 unspecified atom stereocenters. The van der Waals surface area contributed by atoms with Gasteiger partial charge in [-0.3, -0.25) is 4.90 Å². The normalized spacial score (nSPS) is 22.8. The summed E-state index contributed by atoms with van der Waals surface area (Å²) in [4.78, 5) is 1.84. The Kier molecular flexibility index (Phi) is 7.53. The van der Waals surface area contributed by atoms with Gasteiger partial charge in [-0.25, -0.2) is 21.6 Å². The SMILES string of the molecule is O=S(=O)(c1cccc(C2(O)CCC2)c1)C1(c2ccc(C(F)(C(F)F)C(F)(F)F)cc2)CCN(Cc2ccccc2)C1. The van der Waals surface area contributed by atoms with Gasteiger partial charge in [-0.2, -0.15) is 13.2 Å². The molecule has 0 radical (unpaired) electrons. The lowest BCUT2D eigenvalue weighted by Crippen LogP contribution is -2.44. The molecule has 220 valence electrons. The van der Waals surface area contributed by atoms with Crippen LogP contribution in [-0.4, -0.2) is 44.1 Å². The topological polar surface area (TPSA) is 57.6 Å². The van der Waals surface area contributed by atoms with Crippen molar-refractivity contribution in [3.63, 3.8) is 0 Å². The van der Waals surface area contributed by atoms with Gasteiger partial charge in [-0.05, 0) is 54.5 Å². The molecule has 4 nitrogen and oxygen atoms in total. The molecule has 1 saturated heterocycles. The number of alkyl halides is 6. The van der Waals surface area contributed by atoms with Gasteiger partial charge >= 0.3 is 6.18 Å². The minimum Gasteiger partial charge on any atom is -0.385 e. The average Bonchev–Trinajstić information content (AvgIpc) is 3.36. The van der Waals surface area contributed by atoms with E-state index in [9.17, 15) is 39.9 Å². The quantitative estimate of drug-likeness (QED) is 0.297. The molecule has 0 amide bonds. The van der Waals surface area contributed by atoms with Crippen molar-refractivity contribution in [3.8, 4) is 0 Å². The van der Waals surface area contributed by atoms with E-state index < -0.39 is 44.0 Å². The highest BCUT2D eigenvalue weighted by molar-refractivity contribution is 7.92. The first-order valence-corrected chi connectivity index (χ1v) is 14.7. The highest BCUT2D eigenvalue weighted by atomic mass is 32.2. The number of likely N-dealkylation sites (tertiary alicyclic amines) is 1. The van der Waals surface area contributed by atoms with E-state index >= 15 is 0 Å². The molecule has 41 heavy (non-hydrogen) atoms. The van der Waals surface area contributed by atoms with Crippen LogP contribution in [0.25, 0.3) is 0 Å². The maximum Gasteiger partial charge on any atom is 0.432 e. The highest BCUT2D eigenvalue weighted by Gasteiger charge is 2.64. The van der Waals surface area contributed by atoms with Gasteiger partial charge in [0, 0.05) is 25.2 Å². The molecule has 2 atom stereocenters. The third-order valence-electron chi connectivity index (χ3n) is 8.48. The zero-order chi connectivity index (χ0) is 29.7. The van der Waals surface area contributed by atoms with Crippen LogP contribution in [0.1, 0.15) is 47.9 Å². The number of benzene rings is 3. The van der Waals surface area contributed by atoms with E-state index in [2.05, 4.69) is 0 Å². The molecule has 1 saturated carbocycles. The second kappa shape index (κ2) is 10.4. The molecule has 0 spiro atoms. The van der Waals surface area contributed by atoms with Gasteiger partial charge in [-0.1, -0.05) is 66.7 Å². The van der Waals surface area contributed by atoms with E-state index in [1.165, 1.54) is 18.2 Å². The summed E-state index contributed by atoms with van der Waals surface area (Å²) in [6.45, 7) is 0.697. The van der Waals surface area contributed by atoms with Crippen molar-refractivity contribution >= 4 is 9.84 Å². The van der Waals surface area contributed by atoms with Crippen molar-refractivity contribution in [2.45, 2.75) is 65.7 Å². The lowest BCUT2D eigenvalue weighted by Gasteiger charge is -2.37. The summed E-state index contributed by atoms with van der Waals surface area (Å²) in [6.07, 6.45) is -8.42. The van der Waals surface area contributed by atoms with Crippen LogP contribution in [0.3, 0.4) is 0 Å². The third-order valence-corrected chi connectivity index (χ3v) is 11.0. The predicted molar refractivity (Wildman–Crippen MR) is 141 cm³/mol. The number of hydrogen-bond donors (Lipinski definition) is 1. The molecule has 3 aromatic rings. The zero-order valence-electron chi connectivity index (χ0n) is 21.9.